The maximum absolute atomic E-state index is 9.82. The van der Waals surface area contributed by atoms with Crippen molar-refractivity contribution in [2.45, 2.75) is 131 Å². The van der Waals surface area contributed by atoms with Crippen LogP contribution in [0, 0.1) is 0 Å². The van der Waals surface area contributed by atoms with E-state index in [0.29, 0.717) is 5.69 Å². The van der Waals surface area contributed by atoms with Crippen LogP contribution in [0.1, 0.15) is 143 Å². The third-order valence-corrected chi connectivity index (χ3v) is 23.4. The molecule has 5 heterocycles. The van der Waals surface area contributed by atoms with E-state index >= 15 is 0 Å². The lowest BCUT2D eigenvalue weighted by molar-refractivity contribution is 0.569. The van der Waals surface area contributed by atoms with Crippen LogP contribution in [-0.4, -0.2) is 20.4 Å². The Morgan fingerprint density at radius 1 is 0.245 bits per heavy atom. The predicted molar refractivity (Wildman–Crippen MR) is 473 cm³/mol. The number of benzene rings is 14. The molecule has 6 heteroatoms. The van der Waals surface area contributed by atoms with Crippen LogP contribution >= 0.6 is 0 Å². The normalized spacial score (nSPS) is 14.4. The number of aromatic nitrogens is 3. The number of hydrogen-bond acceptors (Lipinski definition) is 2. The van der Waals surface area contributed by atoms with Crippen molar-refractivity contribution in [2.75, 3.05) is 9.80 Å². The van der Waals surface area contributed by atoms with E-state index in [2.05, 4.69) is 353 Å². The predicted octanol–water partition coefficient (Wildman–Crippen LogP) is 26.5. The minimum Gasteiger partial charge on any atom is -0.311 e. The number of fused-ring (bicyclic) bond motifs is 13. The molecule has 0 spiro atoms. The summed E-state index contributed by atoms with van der Waals surface area (Å²) in [6, 6.07) is 88.6. The van der Waals surface area contributed by atoms with E-state index < -0.39 is 36.3 Å². The van der Waals surface area contributed by atoms with Crippen molar-refractivity contribution in [3.05, 3.63) is 325 Å². The molecule has 0 fully saturated rings. The molecule has 2 aliphatic heterocycles. The summed E-state index contributed by atoms with van der Waals surface area (Å²) >= 11 is 0. The molecular weight excluding hydrogens is 1330 g/mol. The quantitative estimate of drug-likeness (QED) is 0.141. The Bertz CT molecular complexity index is 6880. The zero-order valence-electron chi connectivity index (χ0n) is 73.5. The first kappa shape index (κ1) is 60.1. The smallest absolute Gasteiger partial charge is 0.252 e. The Morgan fingerprint density at radius 3 is 1.23 bits per heavy atom. The first-order valence-electron chi connectivity index (χ1n) is 42.8. The molecular formula is C104H94BN5. The highest BCUT2D eigenvalue weighted by molar-refractivity contribution is 7.00. The van der Waals surface area contributed by atoms with Crippen LogP contribution < -0.4 is 26.2 Å². The Balaban J connectivity index is 0.972. The minimum atomic E-state index is -0.494. The maximum Gasteiger partial charge on any atom is 0.252 e. The monoisotopic (exact) mass is 1430 g/mol. The maximum atomic E-state index is 9.82. The van der Waals surface area contributed by atoms with Gasteiger partial charge < -0.3 is 23.5 Å². The van der Waals surface area contributed by atoms with Crippen LogP contribution in [0.5, 0.6) is 0 Å². The van der Waals surface area contributed by atoms with Gasteiger partial charge in [0.2, 0.25) is 0 Å². The highest BCUT2D eigenvalue weighted by Crippen LogP contribution is 2.53. The molecule has 0 N–H and O–H groups in total. The van der Waals surface area contributed by atoms with E-state index in [-0.39, 0.29) is 67.6 Å². The van der Waals surface area contributed by atoms with Crippen LogP contribution in [0.3, 0.4) is 0 Å². The third kappa shape index (κ3) is 11.1. The molecule has 19 rings (SSSR count). The van der Waals surface area contributed by atoms with Gasteiger partial charge in [-0.3, -0.25) is 0 Å². The molecule has 0 saturated carbocycles. The summed E-state index contributed by atoms with van der Waals surface area (Å²) in [5.41, 5.74) is 26.8. The van der Waals surface area contributed by atoms with Crippen molar-refractivity contribution < 1.29 is 11.0 Å². The Kier molecular flexibility index (Phi) is 13.6. The van der Waals surface area contributed by atoms with Crippen LogP contribution in [-0.2, 0) is 27.1 Å². The van der Waals surface area contributed by atoms with Gasteiger partial charge in [-0.25, -0.2) is 0 Å². The highest BCUT2D eigenvalue weighted by Gasteiger charge is 2.46. The second kappa shape index (κ2) is 24.8. The summed E-state index contributed by atoms with van der Waals surface area (Å²) < 4.78 is 82.2. The van der Waals surface area contributed by atoms with Crippen molar-refractivity contribution in [3.63, 3.8) is 0 Å². The van der Waals surface area contributed by atoms with Gasteiger partial charge in [0.05, 0.1) is 55.4 Å². The minimum absolute atomic E-state index is 0.0175. The van der Waals surface area contributed by atoms with E-state index in [1.807, 2.05) is 18.2 Å². The van der Waals surface area contributed by atoms with Crippen LogP contribution in [0.15, 0.2) is 297 Å². The van der Waals surface area contributed by atoms with Gasteiger partial charge >= 0.3 is 0 Å². The average Bonchev–Trinajstić information content (AvgIpc) is 1.08. The first-order valence-corrected chi connectivity index (χ1v) is 38.8. The van der Waals surface area contributed by atoms with Gasteiger partial charge in [-0.1, -0.05) is 292 Å². The van der Waals surface area contributed by atoms with Crippen molar-refractivity contribution in [1.29, 1.82) is 0 Å². The largest absolute Gasteiger partial charge is 0.311 e. The fourth-order valence-corrected chi connectivity index (χ4v) is 17.4. The van der Waals surface area contributed by atoms with E-state index in [4.69, 9.17) is 2.74 Å². The number of anilines is 6. The molecule has 0 unspecified atom stereocenters. The molecule has 0 amide bonds. The number of rotatable bonds is 8. The second-order valence-electron chi connectivity index (χ2n) is 35.7. The molecule has 3 aromatic heterocycles. The molecule has 17 aromatic rings. The number of nitrogens with zero attached hydrogens (tertiary/aromatic N) is 5. The summed E-state index contributed by atoms with van der Waals surface area (Å²) in [4.78, 5) is 5.00. The van der Waals surface area contributed by atoms with Gasteiger partial charge in [0.25, 0.3) is 6.71 Å². The van der Waals surface area contributed by atoms with E-state index in [0.717, 1.165) is 134 Å². The van der Waals surface area contributed by atoms with Crippen LogP contribution in [0.25, 0.3) is 116 Å². The Hall–Kier alpha value is -11.9. The molecule has 14 aromatic carbocycles. The fourth-order valence-electron chi connectivity index (χ4n) is 17.4. The van der Waals surface area contributed by atoms with Crippen molar-refractivity contribution >= 4 is 123 Å². The van der Waals surface area contributed by atoms with Crippen molar-refractivity contribution in [1.82, 2.24) is 13.7 Å². The standard InChI is InChI=1S/C104H94BN5/c1-100(2,3)71-46-51-89-83(60-71)84-61-72(101(4,5)6)47-52-90(84)109(89)91-43-29-39-81-82-40-30-44-92(99(82)108(98(81)91)76-35-23-18-24-36-76)110-93-58-67(70-54-73(102(7,8)9)59-74(55-70)103(10,11)12)45-49-85(93)105-86-50-48-77(106-87-41-27-25-37-79(87)80-38-26-28-42-88(80)106)64-94(86)107(95-62-75(104(13,14)15)63-96(110)97(95)105)78-56-68(65-31-19-16-20-32-65)53-69(57-78)66-33-21-17-22-34-66/h16-64H,1-15H3/i25D,26D,27D,28D,37D,38D,41D,42D. The van der Waals surface area contributed by atoms with Gasteiger partial charge in [0, 0.05) is 72.1 Å². The van der Waals surface area contributed by atoms with Gasteiger partial charge in [-0.2, -0.15) is 0 Å². The molecule has 5 nitrogen and oxygen atoms in total. The molecule has 0 bridgehead atoms. The summed E-state index contributed by atoms with van der Waals surface area (Å²) in [6.45, 7) is 34.0. The third-order valence-electron chi connectivity index (χ3n) is 23.4. The SMILES string of the molecule is [2H]c1c([2H])c([2H])c2c(c1[2H])c1c([2H])c([2H])c([2H])c([2H])c1n2-c1ccc2c(c1)N(c1cc(-c3ccccc3)cc(-c3ccccc3)c1)c1cc(C(C)(C)C)cc3c1B2c1ccc(-c2cc(C(C)(C)C)cc(C(C)(C)C)c2)cc1N3c1cccc2c3cccc(-n4c5ccc(C(C)(C)C)cc5c5cc(C(C)(C)C)ccc54)c3n(-c3ccccc3)c12. The van der Waals surface area contributed by atoms with Crippen LogP contribution in [0.4, 0.5) is 34.1 Å². The van der Waals surface area contributed by atoms with Gasteiger partial charge in [0.1, 0.15) is 0 Å². The van der Waals surface area contributed by atoms with Crippen molar-refractivity contribution in [3.8, 4) is 50.4 Å². The van der Waals surface area contributed by atoms with Crippen LogP contribution in [0.2, 0.25) is 0 Å². The average molecular weight is 1430 g/mol. The summed E-state index contributed by atoms with van der Waals surface area (Å²) in [5.74, 6) is 0. The molecule has 0 aliphatic carbocycles. The fraction of sp³-hybridized carbons (Fsp3) is 0.192. The van der Waals surface area contributed by atoms with E-state index in [9.17, 15) is 8.22 Å². The zero-order chi connectivity index (χ0) is 82.8. The molecule has 538 valence electrons. The second-order valence-corrected chi connectivity index (χ2v) is 35.7. The lowest BCUT2D eigenvalue weighted by atomic mass is 9.33. The Morgan fingerprint density at radius 2 is 0.700 bits per heavy atom. The summed E-state index contributed by atoms with van der Waals surface area (Å²) in [5, 5.41) is 4.65. The van der Waals surface area contributed by atoms with Gasteiger partial charge in [-0.15, -0.1) is 0 Å². The summed E-state index contributed by atoms with van der Waals surface area (Å²) in [6.07, 6.45) is 0. The van der Waals surface area contributed by atoms with E-state index in [1.54, 1.807) is 4.57 Å². The van der Waals surface area contributed by atoms with Gasteiger partial charge in [-0.05, 0) is 214 Å². The molecule has 0 radical (unpaired) electrons. The lowest BCUT2D eigenvalue weighted by Gasteiger charge is -2.45. The van der Waals surface area contributed by atoms with Crippen molar-refractivity contribution in [2.24, 2.45) is 0 Å². The topological polar surface area (TPSA) is 21.3 Å². The van der Waals surface area contributed by atoms with Gasteiger partial charge in [0.15, 0.2) is 0 Å². The van der Waals surface area contributed by atoms with E-state index in [1.165, 1.54) is 33.0 Å². The first-order chi connectivity index (χ1) is 56.0. The zero-order valence-corrected chi connectivity index (χ0v) is 65.5. The molecule has 0 atom stereocenters. The highest BCUT2D eigenvalue weighted by atomic mass is 15.2. The molecule has 0 saturated heterocycles. The summed E-state index contributed by atoms with van der Waals surface area (Å²) in [7, 11) is 0. The molecule has 2 aliphatic rings. The lowest BCUT2D eigenvalue weighted by Crippen LogP contribution is -2.61. The molecule has 110 heavy (non-hydrogen) atoms. The Labute approximate surface area is 659 Å². The number of hydrogen-bond donors (Lipinski definition) is 0. The number of para-hydroxylation sites is 5.